The van der Waals surface area contributed by atoms with Crippen LogP contribution in [0.15, 0.2) is 18.6 Å². The van der Waals surface area contributed by atoms with Gasteiger partial charge in [-0.05, 0) is 5.92 Å². The summed E-state index contributed by atoms with van der Waals surface area (Å²) in [5.41, 5.74) is 0.671. The lowest BCUT2D eigenvalue weighted by molar-refractivity contribution is 0.240. The van der Waals surface area contributed by atoms with E-state index in [1.165, 1.54) is 0 Å². The van der Waals surface area contributed by atoms with Gasteiger partial charge in [-0.1, -0.05) is 5.92 Å². The van der Waals surface area contributed by atoms with Crippen molar-refractivity contribution >= 4 is 0 Å². The average Bonchev–Trinajstić information content (AvgIpc) is 2.07. The summed E-state index contributed by atoms with van der Waals surface area (Å²) in [7, 11) is 1.60. The molecular formula is C8H8N2O. The average molecular weight is 148 g/mol. The fourth-order valence-electron chi connectivity index (χ4n) is 0.562. The fraction of sp³-hybridized carbons (Fsp3) is 0.250. The normalized spacial score (nSPS) is 8.45. The zero-order valence-electron chi connectivity index (χ0n) is 6.24. The molecule has 0 bridgehead atoms. The zero-order chi connectivity index (χ0) is 7.94. The van der Waals surface area contributed by atoms with Gasteiger partial charge in [-0.2, -0.15) is 0 Å². The second-order valence-corrected chi connectivity index (χ2v) is 1.83. The molecule has 0 saturated heterocycles. The van der Waals surface area contributed by atoms with Crippen LogP contribution in [-0.2, 0) is 4.74 Å². The van der Waals surface area contributed by atoms with Gasteiger partial charge in [0.25, 0.3) is 0 Å². The first-order valence-corrected chi connectivity index (χ1v) is 3.17. The summed E-state index contributed by atoms with van der Waals surface area (Å²) in [4.78, 5) is 7.82. The van der Waals surface area contributed by atoms with E-state index in [1.807, 2.05) is 0 Å². The maximum atomic E-state index is 4.74. The lowest BCUT2D eigenvalue weighted by Gasteiger charge is -1.85. The van der Waals surface area contributed by atoms with Crippen LogP contribution in [-0.4, -0.2) is 23.7 Å². The van der Waals surface area contributed by atoms with Gasteiger partial charge in [0, 0.05) is 19.5 Å². The van der Waals surface area contributed by atoms with Crippen LogP contribution < -0.4 is 0 Å². The fourth-order valence-corrected chi connectivity index (χ4v) is 0.562. The molecule has 3 heteroatoms. The highest BCUT2D eigenvalue weighted by atomic mass is 16.5. The highest BCUT2D eigenvalue weighted by molar-refractivity contribution is 5.23. The number of nitrogens with zero attached hydrogens (tertiary/aromatic N) is 2. The third kappa shape index (κ3) is 2.78. The van der Waals surface area contributed by atoms with Crippen molar-refractivity contribution in [3.63, 3.8) is 0 Å². The summed E-state index contributed by atoms with van der Waals surface area (Å²) in [5, 5.41) is 0. The maximum absolute atomic E-state index is 4.74. The topological polar surface area (TPSA) is 35.0 Å². The smallest absolute Gasteiger partial charge is 0.131 e. The molecule has 0 aliphatic heterocycles. The lowest BCUT2D eigenvalue weighted by Crippen LogP contribution is -1.84. The van der Waals surface area contributed by atoms with Crippen molar-refractivity contribution in [3.8, 4) is 11.8 Å². The van der Waals surface area contributed by atoms with Crippen LogP contribution in [0.1, 0.15) is 5.69 Å². The Kier molecular flexibility index (Phi) is 3.10. The molecule has 0 spiro atoms. The van der Waals surface area contributed by atoms with E-state index in [-0.39, 0.29) is 0 Å². The molecule has 0 aliphatic carbocycles. The van der Waals surface area contributed by atoms with Gasteiger partial charge >= 0.3 is 0 Å². The summed E-state index contributed by atoms with van der Waals surface area (Å²) in [6.07, 6.45) is 4.83. The van der Waals surface area contributed by atoms with Crippen LogP contribution in [0.4, 0.5) is 0 Å². The summed E-state index contributed by atoms with van der Waals surface area (Å²) >= 11 is 0. The first-order valence-electron chi connectivity index (χ1n) is 3.17. The highest BCUT2D eigenvalue weighted by Gasteiger charge is 1.82. The minimum atomic E-state index is 0.427. The molecule has 1 rings (SSSR count). The standard InChI is InChI=1S/C8H8N2O/c1-11-6-2-3-8-7-9-4-5-10-8/h4-5,7H,6H2,1H3. The van der Waals surface area contributed by atoms with Crippen molar-refractivity contribution in [1.29, 1.82) is 0 Å². The van der Waals surface area contributed by atoms with Gasteiger partial charge in [-0.3, -0.25) is 4.98 Å². The molecule has 1 aromatic heterocycles. The molecule has 56 valence electrons. The van der Waals surface area contributed by atoms with E-state index in [2.05, 4.69) is 21.8 Å². The summed E-state index contributed by atoms with van der Waals surface area (Å²) < 4.78 is 4.74. The molecule has 0 aromatic carbocycles. The minimum Gasteiger partial charge on any atom is -0.372 e. The van der Waals surface area contributed by atoms with Crippen molar-refractivity contribution in [1.82, 2.24) is 9.97 Å². The van der Waals surface area contributed by atoms with Crippen molar-refractivity contribution in [2.75, 3.05) is 13.7 Å². The Labute approximate surface area is 65.4 Å². The quantitative estimate of drug-likeness (QED) is 0.543. The van der Waals surface area contributed by atoms with E-state index < -0.39 is 0 Å². The summed E-state index contributed by atoms with van der Waals surface area (Å²) in [5.74, 6) is 5.57. The van der Waals surface area contributed by atoms with E-state index in [1.54, 1.807) is 25.7 Å². The third-order valence-corrected chi connectivity index (χ3v) is 0.996. The van der Waals surface area contributed by atoms with E-state index >= 15 is 0 Å². The molecule has 0 unspecified atom stereocenters. The van der Waals surface area contributed by atoms with Gasteiger partial charge in [0.15, 0.2) is 0 Å². The van der Waals surface area contributed by atoms with Crippen molar-refractivity contribution in [2.45, 2.75) is 0 Å². The molecule has 0 aliphatic rings. The second-order valence-electron chi connectivity index (χ2n) is 1.83. The van der Waals surface area contributed by atoms with Gasteiger partial charge < -0.3 is 4.74 Å². The number of aromatic nitrogens is 2. The molecule has 0 saturated carbocycles. The molecular weight excluding hydrogens is 140 g/mol. The molecule has 0 amide bonds. The SMILES string of the molecule is COCC#Cc1cnccn1. The van der Waals surface area contributed by atoms with Crippen LogP contribution in [0.25, 0.3) is 0 Å². The van der Waals surface area contributed by atoms with Gasteiger partial charge in [0.1, 0.15) is 12.3 Å². The second kappa shape index (κ2) is 4.42. The van der Waals surface area contributed by atoms with E-state index in [9.17, 15) is 0 Å². The summed E-state index contributed by atoms with van der Waals surface area (Å²) in [6.45, 7) is 0.427. The van der Waals surface area contributed by atoms with Crippen LogP contribution in [0.5, 0.6) is 0 Å². The molecule has 0 N–H and O–H groups in total. The maximum Gasteiger partial charge on any atom is 0.131 e. The van der Waals surface area contributed by atoms with Gasteiger partial charge in [0.05, 0.1) is 6.20 Å². The number of methoxy groups -OCH3 is 1. The van der Waals surface area contributed by atoms with E-state index in [0.717, 1.165) is 0 Å². The largest absolute Gasteiger partial charge is 0.372 e. The Balaban J connectivity index is 2.59. The molecule has 0 radical (unpaired) electrons. The molecule has 1 aromatic rings. The molecule has 11 heavy (non-hydrogen) atoms. The summed E-state index contributed by atoms with van der Waals surface area (Å²) in [6, 6.07) is 0. The predicted molar refractivity (Wildman–Crippen MR) is 40.8 cm³/mol. The molecule has 3 nitrogen and oxygen atoms in total. The van der Waals surface area contributed by atoms with E-state index in [0.29, 0.717) is 12.3 Å². The van der Waals surface area contributed by atoms with Crippen LogP contribution >= 0.6 is 0 Å². The Morgan fingerprint density at radius 1 is 1.55 bits per heavy atom. The van der Waals surface area contributed by atoms with Crippen molar-refractivity contribution in [3.05, 3.63) is 24.3 Å². The minimum absolute atomic E-state index is 0.427. The van der Waals surface area contributed by atoms with Gasteiger partial charge in [-0.15, -0.1) is 0 Å². The Hall–Kier alpha value is -1.40. The third-order valence-electron chi connectivity index (χ3n) is 0.996. The number of hydrogen-bond acceptors (Lipinski definition) is 3. The van der Waals surface area contributed by atoms with E-state index in [4.69, 9.17) is 4.74 Å². The van der Waals surface area contributed by atoms with Gasteiger partial charge in [-0.25, -0.2) is 4.98 Å². The first-order chi connectivity index (χ1) is 5.43. The first kappa shape index (κ1) is 7.70. The van der Waals surface area contributed by atoms with Gasteiger partial charge in [0.2, 0.25) is 0 Å². The Morgan fingerprint density at radius 3 is 3.09 bits per heavy atom. The molecule has 0 atom stereocenters. The monoisotopic (exact) mass is 148 g/mol. The Bertz CT molecular complexity index is 260. The number of hydrogen-bond donors (Lipinski definition) is 0. The molecule has 1 heterocycles. The highest BCUT2D eigenvalue weighted by Crippen LogP contribution is 1.84. The Morgan fingerprint density at radius 2 is 2.45 bits per heavy atom. The van der Waals surface area contributed by atoms with Crippen LogP contribution in [0.3, 0.4) is 0 Å². The van der Waals surface area contributed by atoms with Crippen molar-refractivity contribution in [2.24, 2.45) is 0 Å². The predicted octanol–water partition coefficient (Wildman–Crippen LogP) is 0.474. The number of ether oxygens (including phenoxy) is 1. The lowest BCUT2D eigenvalue weighted by atomic mass is 10.4. The molecule has 0 fully saturated rings. The zero-order valence-corrected chi connectivity index (χ0v) is 6.24. The van der Waals surface area contributed by atoms with Crippen LogP contribution in [0, 0.1) is 11.8 Å². The van der Waals surface area contributed by atoms with Crippen molar-refractivity contribution < 1.29 is 4.74 Å². The number of rotatable bonds is 1. The van der Waals surface area contributed by atoms with Crippen LogP contribution in [0.2, 0.25) is 0 Å².